The molecular weight excluding hydrogens is 318 g/mol. The number of carbonyl (C=O) groups is 2. The van der Waals surface area contributed by atoms with Crippen LogP contribution in [-0.2, 0) is 19.9 Å². The summed E-state index contributed by atoms with van der Waals surface area (Å²) in [5.74, 6) is -0.499. The summed E-state index contributed by atoms with van der Waals surface area (Å²) in [7, 11) is 0. The fourth-order valence-corrected chi connectivity index (χ4v) is 2.73. The maximum atomic E-state index is 12.3. The minimum atomic E-state index is -0.929. The normalized spacial score (nSPS) is 10.8. The second kappa shape index (κ2) is 8.87. The molecule has 0 aliphatic heterocycles. The van der Waals surface area contributed by atoms with Gasteiger partial charge < -0.3 is 14.8 Å². The Morgan fingerprint density at radius 3 is 1.88 bits per heavy atom. The molecule has 0 saturated carbocycles. The van der Waals surface area contributed by atoms with Gasteiger partial charge in [0, 0.05) is 11.1 Å². The predicted octanol–water partition coefficient (Wildman–Crippen LogP) is 3.63. The van der Waals surface area contributed by atoms with Crippen molar-refractivity contribution in [3.05, 3.63) is 71.8 Å². The van der Waals surface area contributed by atoms with Gasteiger partial charge in [-0.15, -0.1) is 0 Å². The number of hydrogen-bond acceptors (Lipinski definition) is 4. The van der Waals surface area contributed by atoms with E-state index in [-0.39, 0.29) is 13.2 Å². The lowest BCUT2D eigenvalue weighted by atomic mass is 9.84. The Balaban J connectivity index is 2.26. The van der Waals surface area contributed by atoms with Gasteiger partial charge in [-0.2, -0.15) is 0 Å². The third kappa shape index (κ3) is 4.59. The lowest BCUT2D eigenvalue weighted by Gasteiger charge is -2.33. The number of carbonyl (C=O) groups excluding carboxylic acids is 2. The molecule has 2 aromatic carbocycles. The van der Waals surface area contributed by atoms with Crippen LogP contribution in [0.3, 0.4) is 0 Å². The minimum absolute atomic E-state index is 0.226. The van der Waals surface area contributed by atoms with Crippen LogP contribution >= 0.6 is 0 Å². The highest BCUT2D eigenvalue weighted by Crippen LogP contribution is 2.36. The molecule has 0 atom stereocenters. The monoisotopic (exact) mass is 341 g/mol. The summed E-state index contributed by atoms with van der Waals surface area (Å²) in [5.41, 5.74) is 0.811. The lowest BCUT2D eigenvalue weighted by molar-refractivity contribution is -0.142. The van der Waals surface area contributed by atoms with E-state index in [1.807, 2.05) is 67.6 Å². The zero-order chi connectivity index (χ0) is 18.1. The largest absolute Gasteiger partial charge is 0.465 e. The van der Waals surface area contributed by atoms with Crippen LogP contribution in [0.25, 0.3) is 0 Å². The molecule has 0 radical (unpaired) electrons. The van der Waals surface area contributed by atoms with Gasteiger partial charge in [0.05, 0.1) is 6.61 Å². The Bertz CT molecular complexity index is 646. The molecule has 5 heteroatoms. The van der Waals surface area contributed by atoms with Crippen molar-refractivity contribution in [1.29, 1.82) is 0 Å². The fourth-order valence-electron chi connectivity index (χ4n) is 2.73. The summed E-state index contributed by atoms with van der Waals surface area (Å²) >= 11 is 0. The molecule has 2 aromatic rings. The second-order valence-electron chi connectivity index (χ2n) is 5.46. The molecule has 0 saturated heterocycles. The topological polar surface area (TPSA) is 64.6 Å². The highest BCUT2D eigenvalue weighted by molar-refractivity contribution is 5.78. The van der Waals surface area contributed by atoms with Gasteiger partial charge in [0.25, 0.3) is 0 Å². The first-order valence-corrected chi connectivity index (χ1v) is 8.36. The number of hydrogen-bond donors (Lipinski definition) is 1. The van der Waals surface area contributed by atoms with Crippen molar-refractivity contribution >= 4 is 12.1 Å². The molecule has 0 unspecified atom stereocenters. The van der Waals surface area contributed by atoms with Gasteiger partial charge >= 0.3 is 12.1 Å². The van der Waals surface area contributed by atoms with Crippen LogP contribution in [0.1, 0.15) is 31.4 Å². The van der Waals surface area contributed by atoms with Crippen LogP contribution < -0.4 is 5.32 Å². The van der Waals surface area contributed by atoms with E-state index < -0.39 is 17.7 Å². The summed E-state index contributed by atoms with van der Waals surface area (Å²) in [4.78, 5) is 23.8. The zero-order valence-electron chi connectivity index (χ0n) is 14.5. The van der Waals surface area contributed by atoms with E-state index >= 15 is 0 Å². The number of esters is 1. The van der Waals surface area contributed by atoms with Crippen LogP contribution in [0.4, 0.5) is 4.79 Å². The smallest absolute Gasteiger partial charge is 0.408 e. The SMILES string of the molecule is CCOC(=O)CNC(=O)OC(CC)(c1ccccc1)c1ccccc1. The minimum Gasteiger partial charge on any atom is -0.465 e. The molecule has 1 amide bonds. The number of rotatable bonds is 7. The van der Waals surface area contributed by atoms with Gasteiger partial charge in [-0.1, -0.05) is 67.6 Å². The number of amides is 1. The third-order valence-electron chi connectivity index (χ3n) is 3.93. The zero-order valence-corrected chi connectivity index (χ0v) is 14.5. The van der Waals surface area contributed by atoms with Gasteiger partial charge in [-0.05, 0) is 13.3 Å². The van der Waals surface area contributed by atoms with E-state index in [1.54, 1.807) is 6.92 Å². The van der Waals surface area contributed by atoms with E-state index in [9.17, 15) is 9.59 Å². The second-order valence-corrected chi connectivity index (χ2v) is 5.46. The summed E-state index contributed by atoms with van der Waals surface area (Å²) in [6, 6.07) is 19.1. The molecule has 0 aliphatic carbocycles. The lowest BCUT2D eigenvalue weighted by Crippen LogP contribution is -2.39. The van der Waals surface area contributed by atoms with Crippen molar-refractivity contribution in [2.75, 3.05) is 13.2 Å². The van der Waals surface area contributed by atoms with Gasteiger partial charge in [0.15, 0.2) is 5.60 Å². The molecule has 1 N–H and O–H groups in total. The number of alkyl carbamates (subject to hydrolysis) is 1. The van der Waals surface area contributed by atoms with Gasteiger partial charge in [0.2, 0.25) is 0 Å². The molecule has 25 heavy (non-hydrogen) atoms. The average Bonchev–Trinajstić information content (AvgIpc) is 2.66. The fraction of sp³-hybridized carbons (Fsp3) is 0.300. The van der Waals surface area contributed by atoms with E-state index in [0.717, 1.165) is 11.1 Å². The van der Waals surface area contributed by atoms with E-state index in [0.29, 0.717) is 6.42 Å². The Morgan fingerprint density at radius 1 is 0.920 bits per heavy atom. The molecule has 0 spiro atoms. The summed E-state index contributed by atoms with van der Waals surface area (Å²) in [5, 5.41) is 2.46. The number of nitrogens with one attached hydrogen (secondary N) is 1. The highest BCUT2D eigenvalue weighted by Gasteiger charge is 2.36. The first-order chi connectivity index (χ1) is 12.1. The van der Waals surface area contributed by atoms with Crippen LogP contribution in [0.2, 0.25) is 0 Å². The van der Waals surface area contributed by atoms with Crippen LogP contribution in [0, 0.1) is 0 Å². The summed E-state index contributed by atoms with van der Waals surface area (Å²) in [6.07, 6.45) is -0.115. The van der Waals surface area contributed by atoms with Gasteiger partial charge in [0.1, 0.15) is 6.54 Å². The van der Waals surface area contributed by atoms with Crippen molar-refractivity contribution in [2.45, 2.75) is 25.9 Å². The van der Waals surface area contributed by atoms with E-state index in [4.69, 9.17) is 9.47 Å². The van der Waals surface area contributed by atoms with Crippen molar-refractivity contribution in [3.8, 4) is 0 Å². The molecule has 5 nitrogen and oxygen atoms in total. The molecule has 0 aromatic heterocycles. The third-order valence-corrected chi connectivity index (χ3v) is 3.93. The Hall–Kier alpha value is -2.82. The molecule has 0 aliphatic rings. The Labute approximate surface area is 148 Å². The predicted molar refractivity (Wildman–Crippen MR) is 95.1 cm³/mol. The number of ether oxygens (including phenoxy) is 2. The van der Waals surface area contributed by atoms with Crippen molar-refractivity contribution in [3.63, 3.8) is 0 Å². The van der Waals surface area contributed by atoms with E-state index in [2.05, 4.69) is 5.32 Å². The van der Waals surface area contributed by atoms with Crippen molar-refractivity contribution in [2.24, 2.45) is 0 Å². The molecular formula is C20H23NO4. The Morgan fingerprint density at radius 2 is 1.44 bits per heavy atom. The standard InChI is InChI=1S/C20H23NO4/c1-3-20(16-11-7-5-8-12-16,17-13-9-6-10-14-17)25-19(23)21-15-18(22)24-4-2/h5-14H,3-4,15H2,1-2H3,(H,21,23). The molecule has 2 rings (SSSR count). The Kier molecular flexibility index (Phi) is 6.57. The summed E-state index contributed by atoms with van der Waals surface area (Å²) in [6.45, 7) is 3.71. The molecule has 0 bridgehead atoms. The van der Waals surface area contributed by atoms with Crippen molar-refractivity contribution in [1.82, 2.24) is 5.32 Å². The molecule has 132 valence electrons. The maximum Gasteiger partial charge on any atom is 0.408 e. The van der Waals surface area contributed by atoms with E-state index in [1.165, 1.54) is 0 Å². The van der Waals surface area contributed by atoms with Crippen LogP contribution in [0.15, 0.2) is 60.7 Å². The van der Waals surface area contributed by atoms with Crippen molar-refractivity contribution < 1.29 is 19.1 Å². The van der Waals surface area contributed by atoms with Gasteiger partial charge in [-0.25, -0.2) is 4.79 Å². The molecule has 0 fully saturated rings. The quantitative estimate of drug-likeness (QED) is 0.781. The van der Waals surface area contributed by atoms with Crippen LogP contribution in [-0.4, -0.2) is 25.2 Å². The summed E-state index contributed by atoms with van der Waals surface area (Å²) < 4.78 is 10.6. The average molecular weight is 341 g/mol. The maximum absolute atomic E-state index is 12.3. The first-order valence-electron chi connectivity index (χ1n) is 8.36. The first kappa shape index (κ1) is 18.5. The highest BCUT2D eigenvalue weighted by atomic mass is 16.6. The molecule has 0 heterocycles. The van der Waals surface area contributed by atoms with Crippen LogP contribution in [0.5, 0.6) is 0 Å². The number of benzene rings is 2. The van der Waals surface area contributed by atoms with Gasteiger partial charge in [-0.3, -0.25) is 4.79 Å².